The molecule has 1 heterocycles. The van der Waals surface area contributed by atoms with E-state index in [2.05, 4.69) is 24.1 Å². The lowest BCUT2D eigenvalue weighted by atomic mass is 10.2. The third-order valence-corrected chi connectivity index (χ3v) is 5.63. The summed E-state index contributed by atoms with van der Waals surface area (Å²) in [4.78, 5) is 25.9. The van der Waals surface area contributed by atoms with Crippen molar-refractivity contribution in [3.63, 3.8) is 0 Å². The minimum Gasteiger partial charge on any atom is -0.479 e. The van der Waals surface area contributed by atoms with Gasteiger partial charge in [-0.3, -0.25) is 14.9 Å². The molecule has 1 aromatic carbocycles. The zero-order valence-corrected chi connectivity index (χ0v) is 21.0. The fourth-order valence-corrected chi connectivity index (χ4v) is 3.81. The predicted octanol–water partition coefficient (Wildman–Crippen LogP) is 5.88. The van der Waals surface area contributed by atoms with Gasteiger partial charge in [0.15, 0.2) is 11.5 Å². The zero-order valence-electron chi connectivity index (χ0n) is 21.0. The molecular formula is C26H39N3O5. The van der Waals surface area contributed by atoms with Gasteiger partial charge in [0, 0.05) is 18.7 Å². The van der Waals surface area contributed by atoms with E-state index in [-0.39, 0.29) is 35.8 Å². The van der Waals surface area contributed by atoms with Gasteiger partial charge in [-0.2, -0.15) is 0 Å². The van der Waals surface area contributed by atoms with E-state index in [4.69, 9.17) is 9.15 Å². The van der Waals surface area contributed by atoms with Crippen molar-refractivity contribution in [3.8, 4) is 5.75 Å². The number of benzene rings is 1. The molecule has 0 fully saturated rings. The van der Waals surface area contributed by atoms with E-state index >= 15 is 0 Å². The molecule has 1 unspecified atom stereocenters. The van der Waals surface area contributed by atoms with Crippen molar-refractivity contribution in [2.45, 2.75) is 78.9 Å². The molecule has 1 N–H and O–H groups in total. The van der Waals surface area contributed by atoms with E-state index < -0.39 is 4.92 Å². The summed E-state index contributed by atoms with van der Waals surface area (Å²) in [6.07, 6.45) is 7.16. The topological polar surface area (TPSA) is 97.9 Å². The molecule has 0 saturated heterocycles. The van der Waals surface area contributed by atoms with Gasteiger partial charge in [-0.1, -0.05) is 45.6 Å². The number of aryl methyl sites for hydroxylation is 1. The highest BCUT2D eigenvalue weighted by molar-refractivity contribution is 5.91. The van der Waals surface area contributed by atoms with Gasteiger partial charge in [-0.15, -0.1) is 0 Å². The largest absolute Gasteiger partial charge is 0.479 e. The maximum Gasteiger partial charge on any atom is 0.311 e. The van der Waals surface area contributed by atoms with Gasteiger partial charge in [-0.25, -0.2) is 0 Å². The lowest BCUT2D eigenvalue weighted by Crippen LogP contribution is -2.42. The molecule has 0 bridgehead atoms. The van der Waals surface area contributed by atoms with Crippen LogP contribution in [0.5, 0.6) is 5.75 Å². The van der Waals surface area contributed by atoms with Crippen LogP contribution in [0.1, 0.15) is 81.2 Å². The van der Waals surface area contributed by atoms with Gasteiger partial charge in [0.1, 0.15) is 12.4 Å². The second kappa shape index (κ2) is 14.4. The van der Waals surface area contributed by atoms with Gasteiger partial charge in [0.05, 0.1) is 4.92 Å². The number of amides is 1. The highest BCUT2D eigenvalue weighted by Gasteiger charge is 2.18. The van der Waals surface area contributed by atoms with Crippen LogP contribution in [-0.2, 0) is 6.61 Å². The first-order valence-corrected chi connectivity index (χ1v) is 12.3. The van der Waals surface area contributed by atoms with Gasteiger partial charge in [0.2, 0.25) is 0 Å². The number of nitrogens with one attached hydrogen (secondary N) is 1. The Morgan fingerprint density at radius 3 is 2.41 bits per heavy atom. The van der Waals surface area contributed by atoms with Crippen molar-refractivity contribution in [2.24, 2.45) is 0 Å². The van der Waals surface area contributed by atoms with E-state index in [0.29, 0.717) is 5.76 Å². The molecule has 2 aromatic rings. The van der Waals surface area contributed by atoms with E-state index in [0.717, 1.165) is 25.2 Å². The summed E-state index contributed by atoms with van der Waals surface area (Å²) in [5, 5.41) is 14.3. The summed E-state index contributed by atoms with van der Waals surface area (Å²) >= 11 is 0. The van der Waals surface area contributed by atoms with E-state index in [1.54, 1.807) is 31.2 Å². The highest BCUT2D eigenvalue weighted by atomic mass is 16.6. The minimum atomic E-state index is -0.474. The quantitative estimate of drug-likeness (QED) is 0.186. The average Bonchev–Trinajstić information content (AvgIpc) is 3.27. The second-order valence-corrected chi connectivity index (χ2v) is 8.87. The number of ether oxygens (including phenoxy) is 1. The maximum absolute atomic E-state index is 12.7. The SMILES string of the molecule is CCCCCN(CCCCC)CC(C)NC(=O)c1ccc(COc2ccc(C)cc2[N+](=O)[O-])o1. The Morgan fingerprint density at radius 1 is 1.12 bits per heavy atom. The third-order valence-electron chi connectivity index (χ3n) is 5.63. The van der Waals surface area contributed by atoms with Crippen LogP contribution in [0, 0.1) is 17.0 Å². The second-order valence-electron chi connectivity index (χ2n) is 8.87. The van der Waals surface area contributed by atoms with Crippen LogP contribution < -0.4 is 10.1 Å². The van der Waals surface area contributed by atoms with Crippen LogP contribution in [0.15, 0.2) is 34.7 Å². The summed E-state index contributed by atoms with van der Waals surface area (Å²) in [6, 6.07) is 8.02. The molecule has 1 atom stereocenters. The van der Waals surface area contributed by atoms with Crippen LogP contribution in [-0.4, -0.2) is 41.4 Å². The molecule has 34 heavy (non-hydrogen) atoms. The van der Waals surface area contributed by atoms with E-state index in [9.17, 15) is 14.9 Å². The number of carbonyl (C=O) groups is 1. The first-order chi connectivity index (χ1) is 16.3. The first kappa shape index (κ1) is 27.4. The summed E-state index contributed by atoms with van der Waals surface area (Å²) in [5.41, 5.74) is 0.681. The Bertz CT molecular complexity index is 902. The Morgan fingerprint density at radius 2 is 1.79 bits per heavy atom. The smallest absolute Gasteiger partial charge is 0.311 e. The maximum atomic E-state index is 12.7. The molecule has 0 spiro atoms. The molecule has 0 saturated carbocycles. The van der Waals surface area contributed by atoms with Crippen LogP contribution in [0.4, 0.5) is 5.69 Å². The van der Waals surface area contributed by atoms with Crippen LogP contribution in [0.25, 0.3) is 0 Å². The minimum absolute atomic E-state index is 0.00459. The van der Waals surface area contributed by atoms with Gasteiger partial charge in [-0.05, 0) is 63.5 Å². The van der Waals surface area contributed by atoms with E-state index in [1.807, 2.05) is 6.92 Å². The number of rotatable bonds is 16. The van der Waals surface area contributed by atoms with Crippen molar-refractivity contribution in [1.82, 2.24) is 10.2 Å². The van der Waals surface area contributed by atoms with Crippen molar-refractivity contribution < 1.29 is 18.9 Å². The van der Waals surface area contributed by atoms with Crippen LogP contribution in [0.3, 0.4) is 0 Å². The first-order valence-electron chi connectivity index (χ1n) is 12.3. The fourth-order valence-electron chi connectivity index (χ4n) is 3.81. The molecule has 8 heteroatoms. The van der Waals surface area contributed by atoms with Crippen molar-refractivity contribution in [1.29, 1.82) is 0 Å². The Labute approximate surface area is 202 Å². The molecule has 0 aliphatic heterocycles. The number of nitrogens with zero attached hydrogens (tertiary/aromatic N) is 2. The molecule has 1 aromatic heterocycles. The molecule has 0 radical (unpaired) electrons. The van der Waals surface area contributed by atoms with Gasteiger partial charge in [0.25, 0.3) is 5.91 Å². The predicted molar refractivity (Wildman–Crippen MR) is 133 cm³/mol. The molecule has 0 aliphatic rings. The highest BCUT2D eigenvalue weighted by Crippen LogP contribution is 2.28. The molecule has 2 rings (SSSR count). The molecular weight excluding hydrogens is 434 g/mol. The molecule has 0 aliphatic carbocycles. The summed E-state index contributed by atoms with van der Waals surface area (Å²) < 4.78 is 11.2. The lowest BCUT2D eigenvalue weighted by molar-refractivity contribution is -0.386. The number of nitro groups is 1. The number of unbranched alkanes of at least 4 members (excludes halogenated alkanes) is 4. The fraction of sp³-hybridized carbons (Fsp3) is 0.577. The van der Waals surface area contributed by atoms with Crippen molar-refractivity contribution in [2.75, 3.05) is 19.6 Å². The monoisotopic (exact) mass is 473 g/mol. The molecule has 8 nitrogen and oxygen atoms in total. The third kappa shape index (κ3) is 9.17. The number of carbonyl (C=O) groups excluding carboxylic acids is 1. The van der Waals surface area contributed by atoms with Crippen LogP contribution >= 0.6 is 0 Å². The number of nitro benzene ring substituents is 1. The number of hydrogen-bond donors (Lipinski definition) is 1. The van der Waals surface area contributed by atoms with Gasteiger partial charge >= 0.3 is 5.69 Å². The summed E-state index contributed by atoms with van der Waals surface area (Å²) in [6.45, 7) is 11.1. The standard InChI is InChI=1S/C26H39N3O5/c1-5-7-9-15-28(16-10-8-6-2)18-21(4)27-26(30)25-14-12-22(34-25)19-33-24-13-11-20(3)17-23(24)29(31)32/h11-14,17,21H,5-10,15-16,18-19H2,1-4H3,(H,27,30). The van der Waals surface area contributed by atoms with E-state index in [1.165, 1.54) is 44.6 Å². The molecule has 1 amide bonds. The van der Waals surface area contributed by atoms with Crippen molar-refractivity contribution >= 4 is 11.6 Å². The van der Waals surface area contributed by atoms with Crippen LogP contribution in [0.2, 0.25) is 0 Å². The summed E-state index contributed by atoms with van der Waals surface area (Å²) in [5.74, 6) is 0.515. The number of furan rings is 1. The van der Waals surface area contributed by atoms with Gasteiger partial charge < -0.3 is 19.4 Å². The Balaban J connectivity index is 1.89. The zero-order chi connectivity index (χ0) is 24.9. The Kier molecular flexibility index (Phi) is 11.6. The average molecular weight is 474 g/mol. The Hall–Kier alpha value is -2.87. The van der Waals surface area contributed by atoms with Crippen molar-refractivity contribution in [3.05, 3.63) is 57.5 Å². The normalized spacial score (nSPS) is 12.0. The summed E-state index contributed by atoms with van der Waals surface area (Å²) in [7, 11) is 0. The molecule has 188 valence electrons. The lowest BCUT2D eigenvalue weighted by Gasteiger charge is -2.26. The number of hydrogen-bond acceptors (Lipinski definition) is 6.